The van der Waals surface area contributed by atoms with Gasteiger partial charge in [-0.3, -0.25) is 0 Å². The van der Waals surface area contributed by atoms with Crippen LogP contribution in [0.15, 0.2) is 41.8 Å². The number of nitrogens with one attached hydrogen (secondary N) is 1. The van der Waals surface area contributed by atoms with Crippen LogP contribution in [0.25, 0.3) is 0 Å². The van der Waals surface area contributed by atoms with Crippen molar-refractivity contribution in [1.82, 2.24) is 4.72 Å². The quantitative estimate of drug-likeness (QED) is 0.851. The predicted octanol–water partition coefficient (Wildman–Crippen LogP) is 3.06. The minimum absolute atomic E-state index is 0.220. The van der Waals surface area contributed by atoms with E-state index in [-0.39, 0.29) is 11.2 Å². The van der Waals surface area contributed by atoms with Gasteiger partial charge in [0.15, 0.2) is 0 Å². The van der Waals surface area contributed by atoms with Crippen LogP contribution in [-0.2, 0) is 25.9 Å². The summed E-state index contributed by atoms with van der Waals surface area (Å²) in [5.41, 5.74) is 0.223. The van der Waals surface area contributed by atoms with Crippen molar-refractivity contribution in [2.75, 3.05) is 19.8 Å². The van der Waals surface area contributed by atoms with E-state index < -0.39 is 15.8 Å². The van der Waals surface area contributed by atoms with Gasteiger partial charge < -0.3 is 4.74 Å². The number of hydrogen-bond acceptors (Lipinski definition) is 4. The average molecular weight is 369 g/mol. The Labute approximate surface area is 145 Å². The van der Waals surface area contributed by atoms with Crippen molar-refractivity contribution in [3.05, 3.63) is 58.0 Å². The highest BCUT2D eigenvalue weighted by Gasteiger charge is 2.36. The Hall–Kier alpha value is -1.28. The Kier molecular flexibility index (Phi) is 5.34. The van der Waals surface area contributed by atoms with Gasteiger partial charge in [-0.05, 0) is 42.0 Å². The molecule has 0 saturated carbocycles. The van der Waals surface area contributed by atoms with Crippen LogP contribution in [0.4, 0.5) is 4.39 Å². The zero-order chi connectivity index (χ0) is 17.0. The largest absolute Gasteiger partial charge is 0.381 e. The predicted molar refractivity (Wildman–Crippen MR) is 93.1 cm³/mol. The van der Waals surface area contributed by atoms with Crippen LogP contribution < -0.4 is 4.72 Å². The normalized spacial score (nSPS) is 17.7. The lowest BCUT2D eigenvalue weighted by molar-refractivity contribution is 0.0529. The second-order valence-electron chi connectivity index (χ2n) is 6.08. The summed E-state index contributed by atoms with van der Waals surface area (Å²) in [5.74, 6) is -0.649. The number of hydrogen-bond donors (Lipinski definition) is 1. The van der Waals surface area contributed by atoms with Crippen LogP contribution in [0.2, 0.25) is 0 Å². The van der Waals surface area contributed by atoms with Gasteiger partial charge in [-0.1, -0.05) is 18.2 Å². The minimum Gasteiger partial charge on any atom is -0.381 e. The molecule has 1 aromatic carbocycles. The Morgan fingerprint density at radius 3 is 2.67 bits per heavy atom. The first-order valence-corrected chi connectivity index (χ1v) is 10.4. The van der Waals surface area contributed by atoms with Crippen LogP contribution in [-0.4, -0.2) is 28.2 Å². The highest BCUT2D eigenvalue weighted by molar-refractivity contribution is 7.88. The lowest BCUT2D eigenvalue weighted by Gasteiger charge is -2.36. The third-order valence-electron chi connectivity index (χ3n) is 4.37. The van der Waals surface area contributed by atoms with Gasteiger partial charge >= 0.3 is 0 Å². The van der Waals surface area contributed by atoms with Gasteiger partial charge in [-0.15, -0.1) is 11.3 Å². The van der Waals surface area contributed by atoms with Crippen LogP contribution in [0.5, 0.6) is 0 Å². The monoisotopic (exact) mass is 369 g/mol. The minimum atomic E-state index is -3.53. The van der Waals surface area contributed by atoms with Gasteiger partial charge in [0.05, 0.1) is 5.75 Å². The first-order chi connectivity index (χ1) is 11.5. The van der Waals surface area contributed by atoms with Crippen LogP contribution in [0, 0.1) is 5.82 Å². The van der Waals surface area contributed by atoms with E-state index in [0.717, 1.165) is 12.8 Å². The van der Waals surface area contributed by atoms with Gasteiger partial charge in [-0.25, -0.2) is 17.5 Å². The molecule has 7 heteroatoms. The second-order valence-corrected chi connectivity index (χ2v) is 8.83. The van der Waals surface area contributed by atoms with Gasteiger partial charge in [-0.2, -0.15) is 0 Å². The lowest BCUT2D eigenvalue weighted by Crippen LogP contribution is -2.44. The number of halogens is 1. The number of sulfonamides is 1. The summed E-state index contributed by atoms with van der Waals surface area (Å²) in [4.78, 5) is 1.18. The summed E-state index contributed by atoms with van der Waals surface area (Å²) in [6.45, 7) is 1.60. The van der Waals surface area contributed by atoms with E-state index in [1.165, 1.54) is 23.1 Å². The summed E-state index contributed by atoms with van der Waals surface area (Å²) in [7, 11) is -3.53. The van der Waals surface area contributed by atoms with Crippen molar-refractivity contribution >= 4 is 21.4 Å². The van der Waals surface area contributed by atoms with E-state index in [1.54, 1.807) is 17.4 Å². The third-order valence-corrected chi connectivity index (χ3v) is 6.78. The first kappa shape index (κ1) is 17.5. The standard InChI is InChI=1S/C17H20FNO3S2/c18-15-4-1-3-14(11-15)12-24(20,21)19-13-17(6-8-22-9-7-17)16-5-2-10-23-16/h1-5,10-11,19H,6-9,12-13H2. The highest BCUT2D eigenvalue weighted by Crippen LogP contribution is 2.37. The molecule has 0 spiro atoms. The van der Waals surface area contributed by atoms with Crippen molar-refractivity contribution < 1.29 is 17.5 Å². The van der Waals surface area contributed by atoms with E-state index in [2.05, 4.69) is 10.8 Å². The van der Waals surface area contributed by atoms with E-state index >= 15 is 0 Å². The van der Waals surface area contributed by atoms with Gasteiger partial charge in [0.25, 0.3) is 0 Å². The highest BCUT2D eigenvalue weighted by atomic mass is 32.2. The molecule has 1 saturated heterocycles. The van der Waals surface area contributed by atoms with E-state index in [4.69, 9.17) is 4.74 Å². The molecule has 2 aromatic rings. The Morgan fingerprint density at radius 1 is 1.21 bits per heavy atom. The van der Waals surface area contributed by atoms with Gasteiger partial charge in [0.2, 0.25) is 10.0 Å². The van der Waals surface area contributed by atoms with Gasteiger partial charge in [0.1, 0.15) is 5.82 Å². The van der Waals surface area contributed by atoms with Crippen molar-refractivity contribution in [3.8, 4) is 0 Å². The fourth-order valence-corrected chi connectivity index (χ4v) is 5.20. The third kappa shape index (κ3) is 4.22. The molecule has 130 valence electrons. The molecule has 1 aromatic heterocycles. The molecule has 0 bridgehead atoms. The zero-order valence-electron chi connectivity index (χ0n) is 13.2. The maximum atomic E-state index is 13.2. The Balaban J connectivity index is 1.72. The molecule has 24 heavy (non-hydrogen) atoms. The number of benzene rings is 1. The van der Waals surface area contributed by atoms with Crippen molar-refractivity contribution in [2.45, 2.75) is 24.0 Å². The number of ether oxygens (including phenoxy) is 1. The maximum absolute atomic E-state index is 13.2. The molecule has 4 nitrogen and oxygen atoms in total. The van der Waals surface area contributed by atoms with E-state index in [0.29, 0.717) is 25.3 Å². The molecular formula is C17H20FNO3S2. The molecule has 3 rings (SSSR count). The molecule has 1 aliphatic heterocycles. The lowest BCUT2D eigenvalue weighted by atomic mass is 9.79. The molecule has 0 aliphatic carbocycles. The van der Waals surface area contributed by atoms with Crippen molar-refractivity contribution in [3.63, 3.8) is 0 Å². The molecule has 1 N–H and O–H groups in total. The topological polar surface area (TPSA) is 55.4 Å². The molecule has 1 aliphatic rings. The van der Waals surface area contributed by atoms with Crippen molar-refractivity contribution in [2.24, 2.45) is 0 Å². The van der Waals surface area contributed by atoms with Gasteiger partial charge in [0, 0.05) is 30.1 Å². The zero-order valence-corrected chi connectivity index (χ0v) is 14.8. The molecule has 2 heterocycles. The van der Waals surface area contributed by atoms with Crippen LogP contribution >= 0.6 is 11.3 Å². The Morgan fingerprint density at radius 2 is 2.00 bits per heavy atom. The van der Waals surface area contributed by atoms with E-state index in [9.17, 15) is 12.8 Å². The number of thiophene rings is 1. The smallest absolute Gasteiger partial charge is 0.215 e. The van der Waals surface area contributed by atoms with E-state index in [1.807, 2.05) is 11.4 Å². The molecular weight excluding hydrogens is 349 g/mol. The first-order valence-electron chi connectivity index (χ1n) is 7.83. The SMILES string of the molecule is O=S(=O)(Cc1cccc(F)c1)NCC1(c2cccs2)CCOCC1. The summed E-state index contributed by atoms with van der Waals surface area (Å²) < 4.78 is 46.2. The van der Waals surface area contributed by atoms with Crippen molar-refractivity contribution in [1.29, 1.82) is 0 Å². The fourth-order valence-electron chi connectivity index (χ4n) is 3.00. The number of rotatable bonds is 6. The van der Waals surface area contributed by atoms with Crippen LogP contribution in [0.3, 0.4) is 0 Å². The summed E-state index contributed by atoms with van der Waals surface area (Å²) in [6, 6.07) is 9.73. The molecule has 0 amide bonds. The van der Waals surface area contributed by atoms with Crippen LogP contribution in [0.1, 0.15) is 23.3 Å². The fraction of sp³-hybridized carbons (Fsp3) is 0.412. The average Bonchev–Trinajstić information content (AvgIpc) is 3.09. The Bertz CT molecular complexity index is 769. The molecule has 1 fully saturated rings. The summed E-state index contributed by atoms with van der Waals surface area (Å²) in [6.07, 6.45) is 1.58. The summed E-state index contributed by atoms with van der Waals surface area (Å²) in [5, 5.41) is 2.01. The second kappa shape index (κ2) is 7.31. The molecule has 0 unspecified atom stereocenters. The maximum Gasteiger partial charge on any atom is 0.215 e. The molecule has 0 atom stereocenters. The summed E-state index contributed by atoms with van der Waals surface area (Å²) >= 11 is 1.64. The molecule has 0 radical (unpaired) electrons.